The number of esters is 1. The van der Waals surface area contributed by atoms with Crippen LogP contribution in [0.3, 0.4) is 0 Å². The van der Waals surface area contributed by atoms with Gasteiger partial charge in [-0.05, 0) is 19.3 Å². The summed E-state index contributed by atoms with van der Waals surface area (Å²) in [4.78, 5) is 11.7. The number of halogens is 6. The molecule has 2 aliphatic carbocycles. The molecule has 3 unspecified atom stereocenters. The Balaban J connectivity index is 2.58. The highest BCUT2D eigenvalue weighted by atomic mass is 19.4. The first-order chi connectivity index (χ1) is 9.07. The zero-order chi connectivity index (χ0) is 15.3. The van der Waals surface area contributed by atoms with Gasteiger partial charge < -0.3 is 4.74 Å². The van der Waals surface area contributed by atoms with Crippen molar-refractivity contribution in [2.24, 2.45) is 23.2 Å². The average Bonchev–Trinajstić information content (AvgIpc) is 2.84. The van der Waals surface area contributed by atoms with Crippen molar-refractivity contribution in [1.29, 1.82) is 0 Å². The van der Waals surface area contributed by atoms with Crippen molar-refractivity contribution in [1.82, 2.24) is 0 Å². The monoisotopic (exact) mass is 302 g/mol. The molecule has 2 bridgehead atoms. The Morgan fingerprint density at radius 2 is 1.75 bits per heavy atom. The van der Waals surface area contributed by atoms with Gasteiger partial charge in [0.15, 0.2) is 5.41 Å². The first-order valence-corrected chi connectivity index (χ1v) is 6.05. The molecule has 0 aromatic heterocycles. The molecule has 0 aromatic rings. The van der Waals surface area contributed by atoms with Crippen LogP contribution in [0.4, 0.5) is 26.3 Å². The highest BCUT2D eigenvalue weighted by molar-refractivity contribution is 5.76. The van der Waals surface area contributed by atoms with Crippen LogP contribution in [-0.2, 0) is 9.53 Å². The van der Waals surface area contributed by atoms with E-state index >= 15 is 0 Å². The molecule has 2 nitrogen and oxygen atoms in total. The third-order valence-electron chi connectivity index (χ3n) is 4.10. The second-order valence-electron chi connectivity index (χ2n) is 4.99. The van der Waals surface area contributed by atoms with Crippen molar-refractivity contribution >= 4 is 5.97 Å². The van der Waals surface area contributed by atoms with Crippen LogP contribution in [0.2, 0.25) is 0 Å². The fourth-order valence-corrected chi connectivity index (χ4v) is 3.41. The molecular formula is C12H12F6O2. The van der Waals surface area contributed by atoms with Crippen molar-refractivity contribution in [3.63, 3.8) is 0 Å². The Labute approximate surface area is 110 Å². The third kappa shape index (κ3) is 1.76. The SMILES string of the molecule is CCOC(=O)C1C2C=CC(C2)C1(C(F)(F)F)C(F)(F)F. The summed E-state index contributed by atoms with van der Waals surface area (Å²) in [5.74, 6) is -6.53. The molecule has 0 N–H and O–H groups in total. The molecule has 0 saturated heterocycles. The van der Waals surface area contributed by atoms with E-state index < -0.39 is 41.5 Å². The van der Waals surface area contributed by atoms with E-state index in [1.807, 2.05) is 0 Å². The molecule has 0 spiro atoms. The van der Waals surface area contributed by atoms with Gasteiger partial charge in [0.05, 0.1) is 12.5 Å². The van der Waals surface area contributed by atoms with E-state index in [-0.39, 0.29) is 13.0 Å². The second kappa shape index (κ2) is 4.39. The largest absolute Gasteiger partial charge is 0.466 e. The molecule has 20 heavy (non-hydrogen) atoms. The van der Waals surface area contributed by atoms with Gasteiger partial charge in [0.2, 0.25) is 0 Å². The lowest BCUT2D eigenvalue weighted by Gasteiger charge is -2.42. The van der Waals surface area contributed by atoms with Gasteiger partial charge >= 0.3 is 18.3 Å². The zero-order valence-electron chi connectivity index (χ0n) is 10.4. The van der Waals surface area contributed by atoms with E-state index in [0.717, 1.165) is 6.08 Å². The van der Waals surface area contributed by atoms with E-state index in [0.29, 0.717) is 0 Å². The van der Waals surface area contributed by atoms with Gasteiger partial charge in [0.1, 0.15) is 0 Å². The van der Waals surface area contributed by atoms with Crippen molar-refractivity contribution in [3.05, 3.63) is 12.2 Å². The van der Waals surface area contributed by atoms with Gasteiger partial charge in [-0.3, -0.25) is 4.79 Å². The molecule has 0 aliphatic heterocycles. The molecular weight excluding hydrogens is 290 g/mol. The molecule has 2 rings (SSSR count). The van der Waals surface area contributed by atoms with Gasteiger partial charge in [-0.2, -0.15) is 26.3 Å². The minimum Gasteiger partial charge on any atom is -0.466 e. The minimum atomic E-state index is -5.56. The smallest absolute Gasteiger partial charge is 0.404 e. The molecule has 2 aliphatic rings. The van der Waals surface area contributed by atoms with Gasteiger partial charge in [-0.1, -0.05) is 12.2 Å². The van der Waals surface area contributed by atoms with E-state index in [4.69, 9.17) is 0 Å². The summed E-state index contributed by atoms with van der Waals surface area (Å²) in [6, 6.07) is 0. The summed E-state index contributed by atoms with van der Waals surface area (Å²) in [7, 11) is 0. The normalized spacial score (nSPS) is 31.6. The Kier molecular flexibility index (Phi) is 3.33. The fourth-order valence-electron chi connectivity index (χ4n) is 3.41. The van der Waals surface area contributed by atoms with Gasteiger partial charge in [0, 0.05) is 5.92 Å². The molecule has 1 fully saturated rings. The molecule has 0 amide bonds. The average molecular weight is 302 g/mol. The Bertz CT molecular complexity index is 422. The summed E-state index contributed by atoms with van der Waals surface area (Å²) in [6.45, 7) is 1.08. The van der Waals surface area contributed by atoms with Gasteiger partial charge in [-0.15, -0.1) is 0 Å². The predicted octanol–water partition coefficient (Wildman–Crippen LogP) is 3.48. The highest BCUT2D eigenvalue weighted by Gasteiger charge is 2.82. The number of fused-ring (bicyclic) bond motifs is 2. The van der Waals surface area contributed by atoms with Crippen LogP contribution in [0, 0.1) is 23.2 Å². The number of allylic oxidation sites excluding steroid dienone is 2. The number of alkyl halides is 6. The van der Waals surface area contributed by atoms with Gasteiger partial charge in [-0.25, -0.2) is 0 Å². The number of carbonyl (C=O) groups excluding carboxylic acids is 1. The molecule has 0 heterocycles. The quantitative estimate of drug-likeness (QED) is 0.443. The lowest BCUT2D eigenvalue weighted by atomic mass is 9.67. The van der Waals surface area contributed by atoms with Crippen molar-refractivity contribution < 1.29 is 35.9 Å². The topological polar surface area (TPSA) is 26.3 Å². The first-order valence-electron chi connectivity index (χ1n) is 6.05. The van der Waals surface area contributed by atoms with E-state index in [1.54, 1.807) is 0 Å². The second-order valence-corrected chi connectivity index (χ2v) is 4.99. The summed E-state index contributed by atoms with van der Waals surface area (Å²) in [6.07, 6.45) is -9.29. The Hall–Kier alpha value is -1.21. The molecule has 0 aromatic carbocycles. The predicted molar refractivity (Wildman–Crippen MR) is 55.4 cm³/mol. The van der Waals surface area contributed by atoms with E-state index in [2.05, 4.69) is 4.74 Å². The maximum atomic E-state index is 13.3. The Morgan fingerprint density at radius 3 is 2.20 bits per heavy atom. The summed E-state index contributed by atoms with van der Waals surface area (Å²) in [5.41, 5.74) is -4.04. The maximum Gasteiger partial charge on any atom is 0.404 e. The summed E-state index contributed by atoms with van der Waals surface area (Å²) >= 11 is 0. The van der Waals surface area contributed by atoms with Crippen LogP contribution in [0.5, 0.6) is 0 Å². The number of hydrogen-bond donors (Lipinski definition) is 0. The fraction of sp³-hybridized carbons (Fsp3) is 0.750. The van der Waals surface area contributed by atoms with Crippen LogP contribution in [0.25, 0.3) is 0 Å². The number of carbonyl (C=O) groups is 1. The molecule has 8 heteroatoms. The van der Waals surface area contributed by atoms with E-state index in [1.165, 1.54) is 13.0 Å². The zero-order valence-corrected chi connectivity index (χ0v) is 10.4. The Morgan fingerprint density at radius 1 is 1.20 bits per heavy atom. The number of hydrogen-bond acceptors (Lipinski definition) is 2. The van der Waals surface area contributed by atoms with Crippen LogP contribution in [0.1, 0.15) is 13.3 Å². The minimum absolute atomic E-state index is 0.262. The van der Waals surface area contributed by atoms with Crippen molar-refractivity contribution in [2.45, 2.75) is 25.7 Å². The third-order valence-corrected chi connectivity index (χ3v) is 4.10. The van der Waals surface area contributed by atoms with Crippen molar-refractivity contribution in [2.75, 3.05) is 6.61 Å². The lowest BCUT2D eigenvalue weighted by molar-refractivity contribution is -0.362. The van der Waals surface area contributed by atoms with Crippen molar-refractivity contribution in [3.8, 4) is 0 Å². The highest BCUT2D eigenvalue weighted by Crippen LogP contribution is 2.69. The van der Waals surface area contributed by atoms with Crippen LogP contribution < -0.4 is 0 Å². The van der Waals surface area contributed by atoms with Crippen LogP contribution >= 0.6 is 0 Å². The molecule has 0 radical (unpaired) electrons. The number of rotatable bonds is 2. The van der Waals surface area contributed by atoms with Gasteiger partial charge in [0.25, 0.3) is 0 Å². The molecule has 3 atom stereocenters. The summed E-state index contributed by atoms with van der Waals surface area (Å²) in [5, 5.41) is 0. The summed E-state index contributed by atoms with van der Waals surface area (Å²) < 4.78 is 84.0. The number of ether oxygens (including phenoxy) is 1. The standard InChI is InChI=1S/C12H12F6O2/c1-2-20-9(19)8-6-3-4-7(5-6)10(8,11(13,14)15)12(16,17)18/h3-4,6-8H,2,5H2,1H3. The van der Waals surface area contributed by atoms with Crippen LogP contribution in [0.15, 0.2) is 12.2 Å². The molecule has 114 valence electrons. The first kappa shape index (κ1) is 15.2. The maximum absolute atomic E-state index is 13.3. The lowest BCUT2D eigenvalue weighted by Crippen LogP contribution is -2.59. The van der Waals surface area contributed by atoms with E-state index in [9.17, 15) is 31.1 Å². The molecule has 1 saturated carbocycles. The van der Waals surface area contributed by atoms with Crippen LogP contribution in [-0.4, -0.2) is 24.9 Å².